The van der Waals surface area contributed by atoms with Gasteiger partial charge in [0.2, 0.25) is 0 Å². The van der Waals surface area contributed by atoms with Crippen molar-refractivity contribution < 1.29 is 9.59 Å². The lowest BCUT2D eigenvalue weighted by molar-refractivity contribution is -0.126. The van der Waals surface area contributed by atoms with Crippen molar-refractivity contribution in [2.24, 2.45) is 11.8 Å². The molecule has 1 unspecified atom stereocenters. The van der Waals surface area contributed by atoms with Crippen molar-refractivity contribution in [3.63, 3.8) is 0 Å². The van der Waals surface area contributed by atoms with E-state index in [9.17, 15) is 9.59 Å². The molecule has 0 spiro atoms. The molecular formula is C7H10O2. The van der Waals surface area contributed by atoms with E-state index in [0.29, 0.717) is 5.92 Å². The lowest BCUT2D eigenvalue weighted by Gasteiger charge is -1.99. The summed E-state index contributed by atoms with van der Waals surface area (Å²) in [5.41, 5.74) is 0. The Morgan fingerprint density at radius 3 is 2.33 bits per heavy atom. The molecule has 0 aliphatic heterocycles. The van der Waals surface area contributed by atoms with E-state index in [4.69, 9.17) is 0 Å². The van der Waals surface area contributed by atoms with Crippen molar-refractivity contribution in [2.45, 2.75) is 19.8 Å². The zero-order valence-corrected chi connectivity index (χ0v) is 5.46. The van der Waals surface area contributed by atoms with Crippen LogP contribution in [0.2, 0.25) is 0 Å². The number of aldehydes is 1. The Hall–Kier alpha value is -0.660. The second kappa shape index (κ2) is 2.29. The first-order valence-electron chi connectivity index (χ1n) is 3.21. The average molecular weight is 126 g/mol. The van der Waals surface area contributed by atoms with Crippen LogP contribution in [0.3, 0.4) is 0 Å². The van der Waals surface area contributed by atoms with Crippen LogP contribution in [0.15, 0.2) is 0 Å². The molecule has 50 valence electrons. The fraction of sp³-hybridized carbons (Fsp3) is 0.714. The highest BCUT2D eigenvalue weighted by atomic mass is 16.1. The van der Waals surface area contributed by atoms with Crippen molar-refractivity contribution in [3.8, 4) is 0 Å². The Morgan fingerprint density at radius 2 is 2.22 bits per heavy atom. The highest BCUT2D eigenvalue weighted by Gasteiger charge is 2.33. The van der Waals surface area contributed by atoms with Crippen molar-refractivity contribution in [1.29, 1.82) is 0 Å². The second-order valence-electron chi connectivity index (χ2n) is 2.61. The highest BCUT2D eigenvalue weighted by Crippen LogP contribution is 2.35. The standard InChI is InChI=1S/C7H10O2/c1-5(9)7(4-8)6-2-3-6/h4,6-7H,2-3H2,1H3. The van der Waals surface area contributed by atoms with E-state index in [-0.39, 0.29) is 11.7 Å². The van der Waals surface area contributed by atoms with Crippen LogP contribution in [-0.4, -0.2) is 12.1 Å². The van der Waals surface area contributed by atoms with E-state index >= 15 is 0 Å². The fourth-order valence-electron chi connectivity index (χ4n) is 0.994. The zero-order chi connectivity index (χ0) is 6.85. The van der Waals surface area contributed by atoms with Crippen LogP contribution in [0, 0.1) is 11.8 Å². The van der Waals surface area contributed by atoms with Crippen LogP contribution < -0.4 is 0 Å². The molecule has 2 nitrogen and oxygen atoms in total. The summed E-state index contributed by atoms with van der Waals surface area (Å²) in [6.45, 7) is 1.48. The molecule has 1 atom stereocenters. The Bertz CT molecular complexity index is 136. The smallest absolute Gasteiger partial charge is 0.140 e. The number of ketones is 1. The molecule has 0 aromatic carbocycles. The van der Waals surface area contributed by atoms with Crippen LogP contribution in [0.1, 0.15) is 19.8 Å². The van der Waals surface area contributed by atoms with Crippen molar-refractivity contribution in [2.75, 3.05) is 0 Å². The van der Waals surface area contributed by atoms with E-state index in [1.54, 1.807) is 0 Å². The normalized spacial score (nSPS) is 21.0. The molecule has 1 saturated carbocycles. The lowest BCUT2D eigenvalue weighted by Crippen LogP contribution is -2.13. The molecule has 2 heteroatoms. The third-order valence-corrected chi connectivity index (χ3v) is 1.75. The maximum Gasteiger partial charge on any atom is 0.140 e. The first-order chi connectivity index (χ1) is 4.25. The number of hydrogen-bond acceptors (Lipinski definition) is 2. The van der Waals surface area contributed by atoms with E-state index < -0.39 is 0 Å². The number of Topliss-reactive ketones (excluding diaryl/α,β-unsaturated/α-hetero) is 1. The van der Waals surface area contributed by atoms with Gasteiger partial charge in [-0.25, -0.2) is 0 Å². The molecule has 9 heavy (non-hydrogen) atoms. The van der Waals surface area contributed by atoms with Gasteiger partial charge < -0.3 is 4.79 Å². The van der Waals surface area contributed by atoms with E-state index in [2.05, 4.69) is 0 Å². The van der Waals surface area contributed by atoms with Gasteiger partial charge in [0.25, 0.3) is 0 Å². The minimum atomic E-state index is -0.287. The van der Waals surface area contributed by atoms with Gasteiger partial charge in [0.05, 0.1) is 5.92 Å². The predicted molar refractivity (Wildman–Crippen MR) is 33.0 cm³/mol. The SMILES string of the molecule is CC(=O)C(C=O)C1CC1. The minimum absolute atomic E-state index is 0.0208. The van der Waals surface area contributed by atoms with Gasteiger partial charge in [0.15, 0.2) is 0 Å². The maximum absolute atomic E-state index is 10.6. The van der Waals surface area contributed by atoms with Gasteiger partial charge in [-0.1, -0.05) is 0 Å². The number of carbonyl (C=O) groups is 2. The molecular weight excluding hydrogens is 116 g/mol. The summed E-state index contributed by atoms with van der Waals surface area (Å²) < 4.78 is 0. The summed E-state index contributed by atoms with van der Waals surface area (Å²) in [5.74, 6) is 0.123. The number of carbonyl (C=O) groups excluding carboxylic acids is 2. The summed E-state index contributed by atoms with van der Waals surface area (Å²) in [4.78, 5) is 20.8. The molecule has 0 heterocycles. The topological polar surface area (TPSA) is 34.1 Å². The van der Waals surface area contributed by atoms with Crippen molar-refractivity contribution >= 4 is 12.1 Å². The van der Waals surface area contributed by atoms with E-state index in [1.165, 1.54) is 6.92 Å². The van der Waals surface area contributed by atoms with Crippen LogP contribution in [0.5, 0.6) is 0 Å². The number of hydrogen-bond donors (Lipinski definition) is 0. The number of rotatable bonds is 3. The fourth-order valence-corrected chi connectivity index (χ4v) is 0.994. The van der Waals surface area contributed by atoms with Gasteiger partial charge in [-0.05, 0) is 25.7 Å². The summed E-state index contributed by atoms with van der Waals surface area (Å²) in [5, 5.41) is 0. The third kappa shape index (κ3) is 1.37. The molecule has 0 radical (unpaired) electrons. The predicted octanol–water partition coefficient (Wildman–Crippen LogP) is 0.800. The molecule has 0 aromatic rings. The Morgan fingerprint density at radius 1 is 1.67 bits per heavy atom. The molecule has 0 saturated heterocycles. The molecule has 1 aliphatic rings. The van der Waals surface area contributed by atoms with Crippen LogP contribution >= 0.6 is 0 Å². The lowest BCUT2D eigenvalue weighted by atomic mass is 10.0. The van der Waals surface area contributed by atoms with Crippen LogP contribution in [0.4, 0.5) is 0 Å². The second-order valence-corrected chi connectivity index (χ2v) is 2.61. The molecule has 0 amide bonds. The van der Waals surface area contributed by atoms with E-state index in [1.807, 2.05) is 0 Å². The largest absolute Gasteiger partial charge is 0.303 e. The summed E-state index contributed by atoms with van der Waals surface area (Å²) >= 11 is 0. The van der Waals surface area contributed by atoms with E-state index in [0.717, 1.165) is 19.1 Å². The summed E-state index contributed by atoms with van der Waals surface area (Å²) in [6, 6.07) is 0. The zero-order valence-electron chi connectivity index (χ0n) is 5.46. The molecule has 1 aliphatic carbocycles. The minimum Gasteiger partial charge on any atom is -0.303 e. The van der Waals surface area contributed by atoms with Gasteiger partial charge in [-0.15, -0.1) is 0 Å². The Balaban J connectivity index is 2.47. The van der Waals surface area contributed by atoms with Gasteiger partial charge in [-0.3, -0.25) is 4.79 Å². The first kappa shape index (κ1) is 6.46. The van der Waals surface area contributed by atoms with Gasteiger partial charge in [-0.2, -0.15) is 0 Å². The van der Waals surface area contributed by atoms with Crippen molar-refractivity contribution in [3.05, 3.63) is 0 Å². The Kier molecular flexibility index (Phi) is 1.65. The molecule has 0 aromatic heterocycles. The maximum atomic E-state index is 10.6. The average Bonchev–Trinajstić information content (AvgIpc) is 2.50. The van der Waals surface area contributed by atoms with Gasteiger partial charge in [0.1, 0.15) is 12.1 Å². The van der Waals surface area contributed by atoms with Gasteiger partial charge in [0, 0.05) is 0 Å². The summed E-state index contributed by atoms with van der Waals surface area (Å²) in [6.07, 6.45) is 2.89. The van der Waals surface area contributed by atoms with Gasteiger partial charge >= 0.3 is 0 Å². The Labute approximate surface area is 54.2 Å². The molecule has 0 bridgehead atoms. The molecule has 1 rings (SSSR count). The monoisotopic (exact) mass is 126 g/mol. The van der Waals surface area contributed by atoms with Crippen LogP contribution in [0.25, 0.3) is 0 Å². The van der Waals surface area contributed by atoms with Crippen molar-refractivity contribution in [1.82, 2.24) is 0 Å². The highest BCUT2D eigenvalue weighted by molar-refractivity contribution is 5.92. The summed E-state index contributed by atoms with van der Waals surface area (Å²) in [7, 11) is 0. The molecule has 0 N–H and O–H groups in total. The molecule has 1 fully saturated rings. The quantitative estimate of drug-likeness (QED) is 0.414. The van der Waals surface area contributed by atoms with Crippen LogP contribution in [-0.2, 0) is 9.59 Å². The first-order valence-corrected chi connectivity index (χ1v) is 3.21. The third-order valence-electron chi connectivity index (χ3n) is 1.75.